The summed E-state index contributed by atoms with van der Waals surface area (Å²) in [7, 11) is 1.86. The van der Waals surface area contributed by atoms with E-state index in [1.165, 1.54) is 4.90 Å². The van der Waals surface area contributed by atoms with E-state index in [2.05, 4.69) is 41.2 Å². The van der Waals surface area contributed by atoms with Crippen molar-refractivity contribution in [1.29, 1.82) is 0 Å². The highest BCUT2D eigenvalue weighted by atomic mass is 32.1. The Labute approximate surface area is 398 Å². The van der Waals surface area contributed by atoms with Gasteiger partial charge in [-0.15, -0.1) is 11.3 Å². The van der Waals surface area contributed by atoms with E-state index in [0.29, 0.717) is 30.3 Å². The summed E-state index contributed by atoms with van der Waals surface area (Å²) in [6.07, 6.45) is 2.67. The van der Waals surface area contributed by atoms with Crippen LogP contribution in [0.2, 0.25) is 0 Å². The molecular formula is C49H59N11O7S. The lowest BCUT2D eigenvalue weighted by Crippen LogP contribution is -2.58. The maximum atomic E-state index is 14.0. The number of carbonyl (C=O) groups excluding carboxylic acids is 5. The van der Waals surface area contributed by atoms with E-state index in [0.717, 1.165) is 75.4 Å². The zero-order valence-electron chi connectivity index (χ0n) is 39.0. The standard InChI is InChI=1S/C49H59N11O7S/c1-29-44(68-28-52-29)32-8-6-30(7-9-32)21-51-47(65)40-20-36(61)24-60(40)48(66)45(49(2,3)4)57-43(63)27-67-26-42(62)50-16-14-31-15-17-59(23-31)25-41-55-37-12-11-35(19-38(37)56-41)54-46(64)33-10-13-39-34(18-33)22-53-58(39)5/h6-13,18-19,22,28,31,36,40,45,61H,14-17,20-21,23-27H2,1-5H3,(H,50,62)(H,51,65)(H,54,64)(H,55,56)(H,57,63)/t31?,36-,40+,45-/m1/s1. The predicted molar refractivity (Wildman–Crippen MR) is 258 cm³/mol. The molecule has 0 saturated carbocycles. The Morgan fingerprint density at radius 3 is 2.54 bits per heavy atom. The SMILES string of the molecule is Cc1ncsc1-c1ccc(CNC(=O)[C@@H]2C[C@@H](O)CN2C(=O)[C@@H](NC(=O)COCC(=O)NCCC2CCN(Cc3nc4cc(NC(=O)c5ccc6c(cnn6C)c5)ccc4[nH]3)C2)C(C)(C)C)cc1. The van der Waals surface area contributed by atoms with Gasteiger partial charge in [-0.25, -0.2) is 9.97 Å². The molecule has 0 radical (unpaired) electrons. The van der Waals surface area contributed by atoms with E-state index in [1.54, 1.807) is 54.6 Å². The first kappa shape index (κ1) is 47.9. The van der Waals surface area contributed by atoms with Gasteiger partial charge >= 0.3 is 0 Å². The molecule has 68 heavy (non-hydrogen) atoms. The number of β-amino-alcohol motifs (C(OH)–C–C–N with tert-alkyl or cyclic N) is 1. The molecule has 5 heterocycles. The summed E-state index contributed by atoms with van der Waals surface area (Å²) in [4.78, 5) is 83.5. The van der Waals surface area contributed by atoms with Crippen molar-refractivity contribution in [2.24, 2.45) is 18.4 Å². The number of hydrogen-bond acceptors (Lipinski definition) is 12. The summed E-state index contributed by atoms with van der Waals surface area (Å²) in [5.41, 5.74) is 7.72. The number of thiazole rings is 1. The molecule has 2 aliphatic heterocycles. The molecule has 1 unspecified atom stereocenters. The van der Waals surface area contributed by atoms with Crippen LogP contribution in [-0.2, 0) is 44.1 Å². The van der Waals surface area contributed by atoms with Gasteiger partial charge in [0.1, 0.15) is 31.1 Å². The number of nitrogens with one attached hydrogen (secondary N) is 5. The van der Waals surface area contributed by atoms with Crippen LogP contribution < -0.4 is 21.3 Å². The number of nitrogens with zero attached hydrogens (tertiary/aromatic N) is 6. The number of hydrogen-bond donors (Lipinski definition) is 6. The minimum absolute atomic E-state index is 0.0454. The number of aromatic amines is 1. The Kier molecular flexibility index (Phi) is 14.6. The Hall–Kier alpha value is -6.54. The van der Waals surface area contributed by atoms with Crippen molar-refractivity contribution in [3.05, 3.63) is 95.0 Å². The maximum Gasteiger partial charge on any atom is 0.255 e. The number of likely N-dealkylation sites (tertiary alicyclic amines) is 2. The number of imidazole rings is 1. The topological polar surface area (TPSA) is 229 Å². The Morgan fingerprint density at radius 1 is 0.985 bits per heavy atom. The second kappa shape index (κ2) is 20.8. The minimum Gasteiger partial charge on any atom is -0.391 e. The van der Waals surface area contributed by atoms with Gasteiger partial charge in [0.2, 0.25) is 23.6 Å². The number of aliphatic hydroxyl groups is 1. The van der Waals surface area contributed by atoms with Gasteiger partial charge in [-0.2, -0.15) is 5.10 Å². The molecule has 0 bridgehead atoms. The zero-order valence-corrected chi connectivity index (χ0v) is 39.8. The molecule has 2 saturated heterocycles. The normalized spacial score (nSPS) is 18.0. The molecule has 358 valence electrons. The monoisotopic (exact) mass is 945 g/mol. The Morgan fingerprint density at radius 2 is 1.78 bits per heavy atom. The number of H-pyrrole nitrogens is 1. The fourth-order valence-electron chi connectivity index (χ4n) is 8.91. The van der Waals surface area contributed by atoms with Crippen molar-refractivity contribution in [2.75, 3.05) is 44.7 Å². The first-order valence-electron chi connectivity index (χ1n) is 22.9. The van der Waals surface area contributed by atoms with Gasteiger partial charge in [0, 0.05) is 56.3 Å². The van der Waals surface area contributed by atoms with Crippen molar-refractivity contribution in [2.45, 2.75) is 78.2 Å². The van der Waals surface area contributed by atoms with Gasteiger partial charge in [-0.3, -0.25) is 33.6 Å². The molecular weight excluding hydrogens is 887 g/mol. The molecule has 0 spiro atoms. The minimum atomic E-state index is -1.03. The average molecular weight is 946 g/mol. The van der Waals surface area contributed by atoms with Crippen LogP contribution in [0.25, 0.3) is 32.4 Å². The summed E-state index contributed by atoms with van der Waals surface area (Å²) >= 11 is 1.57. The second-order valence-electron chi connectivity index (χ2n) is 18.9. The predicted octanol–water partition coefficient (Wildman–Crippen LogP) is 4.29. The van der Waals surface area contributed by atoms with E-state index in [-0.39, 0.29) is 37.9 Å². The number of carbonyl (C=O) groups is 5. The number of benzene rings is 3. The molecule has 2 fully saturated rings. The molecule has 0 aliphatic carbocycles. The van der Waals surface area contributed by atoms with Gasteiger partial charge < -0.3 is 41.0 Å². The lowest BCUT2D eigenvalue weighted by Gasteiger charge is -2.35. The molecule has 3 aromatic carbocycles. The Balaban J connectivity index is 0.734. The van der Waals surface area contributed by atoms with Crippen LogP contribution in [0.3, 0.4) is 0 Å². The molecule has 19 heteroatoms. The van der Waals surface area contributed by atoms with Crippen molar-refractivity contribution in [3.63, 3.8) is 0 Å². The van der Waals surface area contributed by atoms with Gasteiger partial charge in [0.15, 0.2) is 0 Å². The quantitative estimate of drug-likeness (QED) is 0.0756. The first-order valence-corrected chi connectivity index (χ1v) is 23.8. The van der Waals surface area contributed by atoms with Crippen LogP contribution in [0, 0.1) is 18.3 Å². The number of aromatic nitrogens is 5. The lowest BCUT2D eigenvalue weighted by molar-refractivity contribution is -0.145. The summed E-state index contributed by atoms with van der Waals surface area (Å²) < 4.78 is 7.22. The highest BCUT2D eigenvalue weighted by Gasteiger charge is 2.44. The van der Waals surface area contributed by atoms with Crippen molar-refractivity contribution >= 4 is 68.5 Å². The fraction of sp³-hybridized carbons (Fsp3) is 0.429. The van der Waals surface area contributed by atoms with Gasteiger partial charge in [-0.1, -0.05) is 45.0 Å². The van der Waals surface area contributed by atoms with E-state index in [1.807, 2.05) is 68.6 Å². The number of aliphatic hydroxyl groups excluding tert-OH is 1. The van der Waals surface area contributed by atoms with Crippen molar-refractivity contribution in [1.82, 2.24) is 50.5 Å². The zero-order chi connectivity index (χ0) is 48.1. The molecule has 8 rings (SSSR count). The first-order chi connectivity index (χ1) is 32.6. The summed E-state index contributed by atoms with van der Waals surface area (Å²) in [6.45, 7) is 9.63. The third-order valence-corrected chi connectivity index (χ3v) is 13.6. The third kappa shape index (κ3) is 11.6. The Bertz CT molecular complexity index is 2800. The average Bonchev–Trinajstić information content (AvgIpc) is 4.17. The van der Waals surface area contributed by atoms with E-state index >= 15 is 0 Å². The molecule has 5 amide bonds. The second-order valence-corrected chi connectivity index (χ2v) is 19.7. The summed E-state index contributed by atoms with van der Waals surface area (Å²) in [6, 6.07) is 17.0. The number of anilines is 1. The smallest absolute Gasteiger partial charge is 0.255 e. The van der Waals surface area contributed by atoms with E-state index in [9.17, 15) is 29.1 Å². The number of ether oxygens (including phenoxy) is 1. The number of amides is 5. The molecule has 4 atom stereocenters. The largest absolute Gasteiger partial charge is 0.391 e. The number of aryl methyl sites for hydroxylation is 2. The highest BCUT2D eigenvalue weighted by Crippen LogP contribution is 2.29. The van der Waals surface area contributed by atoms with Gasteiger partial charge in [0.05, 0.1) is 51.5 Å². The van der Waals surface area contributed by atoms with Gasteiger partial charge in [-0.05, 0) is 85.2 Å². The van der Waals surface area contributed by atoms with E-state index < -0.39 is 47.9 Å². The van der Waals surface area contributed by atoms with Crippen LogP contribution in [0.15, 0.2) is 72.4 Å². The number of rotatable bonds is 17. The highest BCUT2D eigenvalue weighted by molar-refractivity contribution is 7.13. The van der Waals surface area contributed by atoms with Crippen LogP contribution in [-0.4, -0.2) is 127 Å². The number of fused-ring (bicyclic) bond motifs is 2. The van der Waals surface area contributed by atoms with Crippen LogP contribution >= 0.6 is 11.3 Å². The third-order valence-electron chi connectivity index (χ3n) is 12.6. The molecule has 6 aromatic rings. The molecule has 3 aromatic heterocycles. The van der Waals surface area contributed by atoms with Crippen LogP contribution in [0.1, 0.15) is 67.5 Å². The van der Waals surface area contributed by atoms with E-state index in [4.69, 9.17) is 9.72 Å². The van der Waals surface area contributed by atoms with Crippen molar-refractivity contribution < 1.29 is 33.8 Å². The molecule has 2 aliphatic rings. The molecule has 6 N–H and O–H groups in total. The van der Waals surface area contributed by atoms with Crippen LogP contribution in [0.4, 0.5) is 5.69 Å². The van der Waals surface area contributed by atoms with Crippen molar-refractivity contribution in [3.8, 4) is 10.4 Å². The fourth-order valence-corrected chi connectivity index (χ4v) is 9.72. The van der Waals surface area contributed by atoms with Gasteiger partial charge in [0.25, 0.3) is 5.91 Å². The van der Waals surface area contributed by atoms with Crippen LogP contribution in [0.5, 0.6) is 0 Å². The lowest BCUT2D eigenvalue weighted by atomic mass is 9.85. The maximum absolute atomic E-state index is 14.0. The molecule has 18 nitrogen and oxygen atoms in total. The summed E-state index contributed by atoms with van der Waals surface area (Å²) in [5.74, 6) is -0.814. The summed E-state index contributed by atoms with van der Waals surface area (Å²) in [5, 5.41) is 27.2.